The van der Waals surface area contributed by atoms with Crippen LogP contribution in [0.2, 0.25) is 0 Å². The van der Waals surface area contributed by atoms with Gasteiger partial charge >= 0.3 is 0 Å². The van der Waals surface area contributed by atoms with E-state index in [1.807, 2.05) is 12.1 Å². The molecular formula is C23H31N5. The molecule has 5 nitrogen and oxygen atoms in total. The van der Waals surface area contributed by atoms with Gasteiger partial charge in [0.15, 0.2) is 0 Å². The first kappa shape index (κ1) is 20.2. The van der Waals surface area contributed by atoms with Crippen LogP contribution in [0.5, 0.6) is 0 Å². The Morgan fingerprint density at radius 3 is 2.39 bits per heavy atom. The second-order valence-electron chi connectivity index (χ2n) is 7.56. The van der Waals surface area contributed by atoms with Crippen LogP contribution in [0.25, 0.3) is 10.9 Å². The molecule has 0 atom stereocenters. The maximum absolute atomic E-state index is 4.84. The maximum Gasteiger partial charge on any atom is 0.145 e. The van der Waals surface area contributed by atoms with E-state index in [9.17, 15) is 0 Å². The first-order valence-corrected chi connectivity index (χ1v) is 9.98. The Hall–Kier alpha value is -2.50. The number of nitrogens with zero attached hydrogens (tertiary/aromatic N) is 4. The summed E-state index contributed by atoms with van der Waals surface area (Å²) in [5.74, 6) is 1.81. The number of likely N-dealkylation sites (N-methyl/N-ethyl adjacent to an activating group) is 1. The summed E-state index contributed by atoms with van der Waals surface area (Å²) < 4.78 is 0. The van der Waals surface area contributed by atoms with E-state index < -0.39 is 0 Å². The predicted molar refractivity (Wildman–Crippen MR) is 118 cm³/mol. The second kappa shape index (κ2) is 10.2. The van der Waals surface area contributed by atoms with Gasteiger partial charge in [0.2, 0.25) is 0 Å². The van der Waals surface area contributed by atoms with Gasteiger partial charge in [0.1, 0.15) is 11.6 Å². The van der Waals surface area contributed by atoms with Crippen molar-refractivity contribution in [1.82, 2.24) is 19.8 Å². The van der Waals surface area contributed by atoms with E-state index in [2.05, 4.69) is 78.7 Å². The van der Waals surface area contributed by atoms with Gasteiger partial charge in [0.25, 0.3) is 0 Å². The van der Waals surface area contributed by atoms with Gasteiger partial charge in [0, 0.05) is 18.5 Å². The summed E-state index contributed by atoms with van der Waals surface area (Å²) in [7, 11) is 6.33. The third-order valence-corrected chi connectivity index (χ3v) is 4.76. The molecule has 0 aliphatic rings. The lowest BCUT2D eigenvalue weighted by molar-refractivity contribution is 0.323. The minimum absolute atomic E-state index is 0.740. The topological polar surface area (TPSA) is 44.3 Å². The van der Waals surface area contributed by atoms with Crippen LogP contribution in [0.1, 0.15) is 17.8 Å². The van der Waals surface area contributed by atoms with Crippen LogP contribution in [-0.2, 0) is 13.0 Å². The number of benzene rings is 2. The minimum atomic E-state index is 0.740. The third-order valence-electron chi connectivity index (χ3n) is 4.76. The van der Waals surface area contributed by atoms with E-state index in [0.717, 1.165) is 61.6 Å². The quantitative estimate of drug-likeness (QED) is 0.546. The number of rotatable bonds is 10. The lowest BCUT2D eigenvalue weighted by Crippen LogP contribution is -2.22. The fourth-order valence-electron chi connectivity index (χ4n) is 3.22. The summed E-state index contributed by atoms with van der Waals surface area (Å²) in [6.07, 6.45) is 2.11. The normalized spacial score (nSPS) is 11.5. The molecule has 0 spiro atoms. The summed E-state index contributed by atoms with van der Waals surface area (Å²) in [5.41, 5.74) is 2.36. The zero-order valence-electron chi connectivity index (χ0n) is 17.2. The Kier molecular flexibility index (Phi) is 7.34. The van der Waals surface area contributed by atoms with Crippen LogP contribution in [-0.4, -0.2) is 60.5 Å². The fourth-order valence-corrected chi connectivity index (χ4v) is 3.22. The molecule has 2 aromatic carbocycles. The van der Waals surface area contributed by atoms with E-state index in [0.29, 0.717) is 0 Å². The van der Waals surface area contributed by atoms with Gasteiger partial charge in [-0.1, -0.05) is 42.5 Å². The average Bonchev–Trinajstić information content (AvgIpc) is 2.70. The highest BCUT2D eigenvalue weighted by Crippen LogP contribution is 2.20. The Morgan fingerprint density at radius 2 is 1.61 bits per heavy atom. The number of fused-ring (bicyclic) bond motifs is 1. The van der Waals surface area contributed by atoms with Crippen LogP contribution in [0.3, 0.4) is 0 Å². The predicted octanol–water partition coefficient (Wildman–Crippen LogP) is 3.67. The zero-order valence-corrected chi connectivity index (χ0v) is 17.2. The van der Waals surface area contributed by atoms with Crippen LogP contribution in [0.4, 0.5) is 5.82 Å². The number of para-hydroxylation sites is 1. The van der Waals surface area contributed by atoms with Crippen molar-refractivity contribution in [3.8, 4) is 0 Å². The second-order valence-corrected chi connectivity index (χ2v) is 7.56. The van der Waals surface area contributed by atoms with E-state index in [1.165, 1.54) is 5.56 Å². The van der Waals surface area contributed by atoms with Gasteiger partial charge in [-0.05, 0) is 58.2 Å². The molecule has 1 N–H and O–H groups in total. The Labute approximate surface area is 168 Å². The molecule has 5 heteroatoms. The zero-order chi connectivity index (χ0) is 19.8. The van der Waals surface area contributed by atoms with Gasteiger partial charge < -0.3 is 10.2 Å². The van der Waals surface area contributed by atoms with Crippen LogP contribution < -0.4 is 5.32 Å². The SMILES string of the molecule is CN(C)CCCNc1nc(CN(C)CCc2ccccc2)nc2ccccc12. The molecule has 0 unspecified atom stereocenters. The minimum Gasteiger partial charge on any atom is -0.369 e. The van der Waals surface area contributed by atoms with Crippen molar-refractivity contribution in [1.29, 1.82) is 0 Å². The smallest absolute Gasteiger partial charge is 0.145 e. The molecule has 1 heterocycles. The lowest BCUT2D eigenvalue weighted by Gasteiger charge is -2.17. The van der Waals surface area contributed by atoms with Crippen molar-refractivity contribution in [2.45, 2.75) is 19.4 Å². The highest BCUT2D eigenvalue weighted by molar-refractivity contribution is 5.88. The molecule has 1 aromatic heterocycles. The molecule has 0 amide bonds. The molecule has 28 heavy (non-hydrogen) atoms. The highest BCUT2D eigenvalue weighted by Gasteiger charge is 2.09. The van der Waals surface area contributed by atoms with Crippen molar-refractivity contribution in [3.63, 3.8) is 0 Å². The van der Waals surface area contributed by atoms with E-state index in [1.54, 1.807) is 0 Å². The fraction of sp³-hybridized carbons (Fsp3) is 0.391. The van der Waals surface area contributed by atoms with Crippen LogP contribution in [0.15, 0.2) is 54.6 Å². The van der Waals surface area contributed by atoms with Crippen LogP contribution >= 0.6 is 0 Å². The standard InChI is InChI=1S/C23H31N5/c1-27(2)16-9-15-24-23-20-12-7-8-13-21(20)25-22(26-23)18-28(3)17-14-19-10-5-4-6-11-19/h4-8,10-13H,9,14-18H2,1-3H3,(H,24,25,26). The average molecular weight is 378 g/mol. The van der Waals surface area contributed by atoms with Crippen LogP contribution in [0, 0.1) is 0 Å². The summed E-state index contributed by atoms with van der Waals surface area (Å²) in [4.78, 5) is 14.1. The number of nitrogens with one attached hydrogen (secondary N) is 1. The number of anilines is 1. The molecule has 0 saturated heterocycles. The van der Waals surface area contributed by atoms with Gasteiger partial charge in [-0.3, -0.25) is 4.90 Å². The first-order chi connectivity index (χ1) is 13.6. The van der Waals surface area contributed by atoms with Crippen molar-refractivity contribution < 1.29 is 0 Å². The van der Waals surface area contributed by atoms with E-state index in [4.69, 9.17) is 9.97 Å². The Morgan fingerprint density at radius 1 is 0.857 bits per heavy atom. The van der Waals surface area contributed by atoms with Gasteiger partial charge in [0.05, 0.1) is 12.1 Å². The summed E-state index contributed by atoms with van der Waals surface area (Å²) >= 11 is 0. The molecular weight excluding hydrogens is 346 g/mol. The maximum atomic E-state index is 4.84. The molecule has 3 aromatic rings. The van der Waals surface area contributed by atoms with Crippen molar-refractivity contribution in [2.24, 2.45) is 0 Å². The molecule has 0 fully saturated rings. The molecule has 0 saturated carbocycles. The number of aromatic nitrogens is 2. The van der Waals surface area contributed by atoms with Gasteiger partial charge in [-0.25, -0.2) is 9.97 Å². The van der Waals surface area contributed by atoms with Gasteiger partial charge in [-0.15, -0.1) is 0 Å². The number of hydrogen-bond acceptors (Lipinski definition) is 5. The largest absolute Gasteiger partial charge is 0.369 e. The Bertz CT molecular complexity index is 863. The molecule has 3 rings (SSSR count). The number of hydrogen-bond donors (Lipinski definition) is 1. The summed E-state index contributed by atoms with van der Waals surface area (Å²) in [6.45, 7) is 3.68. The molecule has 0 aliphatic carbocycles. The van der Waals surface area contributed by atoms with E-state index >= 15 is 0 Å². The molecule has 148 valence electrons. The molecule has 0 radical (unpaired) electrons. The Balaban J connectivity index is 1.66. The van der Waals surface area contributed by atoms with Crippen molar-refractivity contribution in [2.75, 3.05) is 46.1 Å². The molecule has 0 bridgehead atoms. The monoisotopic (exact) mass is 377 g/mol. The van der Waals surface area contributed by atoms with Gasteiger partial charge in [-0.2, -0.15) is 0 Å². The highest BCUT2D eigenvalue weighted by atomic mass is 15.1. The summed E-state index contributed by atoms with van der Waals surface area (Å²) in [6, 6.07) is 18.8. The van der Waals surface area contributed by atoms with Crippen molar-refractivity contribution in [3.05, 3.63) is 66.0 Å². The van der Waals surface area contributed by atoms with E-state index in [-0.39, 0.29) is 0 Å². The summed E-state index contributed by atoms with van der Waals surface area (Å²) in [5, 5.41) is 4.60. The third kappa shape index (κ3) is 6.01. The molecule has 0 aliphatic heterocycles. The first-order valence-electron chi connectivity index (χ1n) is 9.98. The lowest BCUT2D eigenvalue weighted by atomic mass is 10.1. The van der Waals surface area contributed by atoms with Crippen molar-refractivity contribution >= 4 is 16.7 Å².